The minimum Gasteiger partial charge on any atom is -0.744 e. The fourth-order valence-electron chi connectivity index (χ4n) is 4.31. The molecule has 0 heterocycles. The summed E-state index contributed by atoms with van der Waals surface area (Å²) in [4.78, 5) is 26.8. The zero-order chi connectivity index (χ0) is 25.6. The van der Waals surface area contributed by atoms with Gasteiger partial charge in [0.2, 0.25) is 0 Å². The minimum atomic E-state index is -4.80. The average molecular weight is 521 g/mol. The predicted octanol–water partition coefficient (Wildman–Crippen LogP) is 2.47. The van der Waals surface area contributed by atoms with Gasteiger partial charge in [-0.15, -0.1) is 0 Å². The van der Waals surface area contributed by atoms with E-state index in [9.17, 15) is 22.6 Å². The second-order valence-corrected chi connectivity index (χ2v) is 10.0. The molecule has 0 bridgehead atoms. The zero-order valence-electron chi connectivity index (χ0n) is 20.5. The molecule has 0 radical (unpaired) electrons. The van der Waals surface area contributed by atoms with Crippen LogP contribution >= 0.6 is 0 Å². The van der Waals surface area contributed by atoms with Crippen LogP contribution in [0.3, 0.4) is 0 Å². The average Bonchev–Trinajstić information content (AvgIpc) is 2.85. The zero-order valence-corrected chi connectivity index (χ0v) is 23.3. The molecule has 7 nitrogen and oxygen atoms in total. The predicted molar refractivity (Wildman–Crippen MR) is 137 cm³/mol. The standard InChI is InChI=1S/C28H22N2O5S.Na/c1-16-7-10-18(11-8-16)29-22-13-14-23(30-21-12-9-17(2)15-24(21)36(33,34)35)26-25(22)27(31)19-5-3-4-6-20(19)28(26)32;/h3-15,29-30H,1-2H3,(H,33,34,35);/q;+1/p-1. The molecule has 2 N–H and O–H groups in total. The van der Waals surface area contributed by atoms with Gasteiger partial charge in [0, 0.05) is 16.8 Å². The molecular formula is C28H21N2NaO5S. The van der Waals surface area contributed by atoms with E-state index in [1.165, 1.54) is 12.1 Å². The maximum atomic E-state index is 13.6. The van der Waals surface area contributed by atoms with Crippen molar-refractivity contribution in [2.75, 3.05) is 10.6 Å². The molecule has 180 valence electrons. The van der Waals surface area contributed by atoms with Crippen LogP contribution in [0.2, 0.25) is 0 Å². The Morgan fingerprint density at radius 1 is 0.649 bits per heavy atom. The number of anilines is 4. The number of carbonyl (C=O) groups is 2. The van der Waals surface area contributed by atoms with Crippen LogP contribution < -0.4 is 40.2 Å². The molecule has 0 aromatic heterocycles. The van der Waals surface area contributed by atoms with Gasteiger partial charge in [-0.3, -0.25) is 9.59 Å². The number of rotatable bonds is 5. The number of hydrogen-bond acceptors (Lipinski definition) is 7. The first-order valence-electron chi connectivity index (χ1n) is 11.2. The Hall–Kier alpha value is -3.27. The van der Waals surface area contributed by atoms with Gasteiger partial charge in [-0.25, -0.2) is 8.42 Å². The Kier molecular flexibility index (Phi) is 7.41. The normalized spacial score (nSPS) is 12.3. The molecule has 0 amide bonds. The summed E-state index contributed by atoms with van der Waals surface area (Å²) >= 11 is 0. The summed E-state index contributed by atoms with van der Waals surface area (Å²) < 4.78 is 35.8. The van der Waals surface area contributed by atoms with Crippen LogP contribution in [0.4, 0.5) is 22.7 Å². The number of hydrogen-bond donors (Lipinski definition) is 2. The molecule has 37 heavy (non-hydrogen) atoms. The molecule has 0 unspecified atom stereocenters. The summed E-state index contributed by atoms with van der Waals surface area (Å²) in [5, 5.41) is 6.16. The van der Waals surface area contributed by atoms with Crippen molar-refractivity contribution < 1.29 is 52.1 Å². The molecule has 0 saturated carbocycles. The van der Waals surface area contributed by atoms with Gasteiger partial charge >= 0.3 is 29.6 Å². The number of nitrogens with one attached hydrogen (secondary N) is 2. The molecular weight excluding hydrogens is 499 g/mol. The van der Waals surface area contributed by atoms with Crippen LogP contribution in [0.5, 0.6) is 0 Å². The van der Waals surface area contributed by atoms with Crippen LogP contribution in [-0.2, 0) is 10.1 Å². The second kappa shape index (κ2) is 10.2. The van der Waals surface area contributed by atoms with Crippen LogP contribution in [0.25, 0.3) is 0 Å². The Balaban J connectivity index is 0.00000320. The Bertz CT molecular complexity index is 1660. The van der Waals surface area contributed by atoms with Gasteiger partial charge < -0.3 is 15.2 Å². The third-order valence-corrected chi connectivity index (χ3v) is 6.96. The summed E-state index contributed by atoms with van der Waals surface area (Å²) in [7, 11) is -4.80. The first-order chi connectivity index (χ1) is 17.1. The van der Waals surface area contributed by atoms with E-state index in [1.807, 2.05) is 31.2 Å². The van der Waals surface area contributed by atoms with Gasteiger partial charge in [0.25, 0.3) is 0 Å². The van der Waals surface area contributed by atoms with Crippen molar-refractivity contribution >= 4 is 44.4 Å². The second-order valence-electron chi connectivity index (χ2n) is 8.68. The smallest absolute Gasteiger partial charge is 0.744 e. The number of carbonyl (C=O) groups excluding carboxylic acids is 2. The Morgan fingerprint density at radius 3 is 1.68 bits per heavy atom. The summed E-state index contributed by atoms with van der Waals surface area (Å²) in [5.41, 5.74) is 3.90. The molecule has 0 spiro atoms. The Labute approximate surface area is 237 Å². The van der Waals surface area contributed by atoms with Crippen molar-refractivity contribution in [3.05, 3.63) is 112 Å². The summed E-state index contributed by atoms with van der Waals surface area (Å²) in [5.74, 6) is -0.715. The van der Waals surface area contributed by atoms with E-state index in [4.69, 9.17) is 0 Å². The number of aryl methyl sites for hydroxylation is 2. The van der Waals surface area contributed by atoms with E-state index in [0.29, 0.717) is 11.3 Å². The molecule has 0 fully saturated rings. The molecule has 5 rings (SSSR count). The third kappa shape index (κ3) is 5.12. The number of fused-ring (bicyclic) bond motifs is 2. The molecule has 1 aliphatic rings. The fraction of sp³-hybridized carbons (Fsp3) is 0.0714. The van der Waals surface area contributed by atoms with Crippen molar-refractivity contribution in [1.29, 1.82) is 0 Å². The van der Waals surface area contributed by atoms with Gasteiger partial charge in [0.1, 0.15) is 10.1 Å². The van der Waals surface area contributed by atoms with E-state index in [1.54, 1.807) is 49.4 Å². The topological polar surface area (TPSA) is 115 Å². The first-order valence-corrected chi connectivity index (χ1v) is 12.6. The van der Waals surface area contributed by atoms with Crippen molar-refractivity contribution in [3.8, 4) is 0 Å². The van der Waals surface area contributed by atoms with Crippen LogP contribution in [-0.4, -0.2) is 24.5 Å². The van der Waals surface area contributed by atoms with Crippen molar-refractivity contribution in [1.82, 2.24) is 0 Å². The van der Waals surface area contributed by atoms with Crippen molar-refractivity contribution in [3.63, 3.8) is 0 Å². The SMILES string of the molecule is Cc1ccc(Nc2ccc(Nc3ccc(C)cc3S(=O)(=O)[O-])c3c2C(=O)c2ccccc2C3=O)cc1.[Na+]. The van der Waals surface area contributed by atoms with Gasteiger partial charge in [-0.2, -0.15) is 0 Å². The maximum absolute atomic E-state index is 13.6. The molecule has 4 aromatic carbocycles. The maximum Gasteiger partial charge on any atom is 1.00 e. The van der Waals surface area contributed by atoms with E-state index < -0.39 is 15.0 Å². The van der Waals surface area contributed by atoms with Crippen molar-refractivity contribution in [2.24, 2.45) is 0 Å². The van der Waals surface area contributed by atoms with E-state index in [-0.39, 0.29) is 74.8 Å². The summed E-state index contributed by atoms with van der Waals surface area (Å²) in [6.07, 6.45) is 0. The van der Waals surface area contributed by atoms with E-state index >= 15 is 0 Å². The van der Waals surface area contributed by atoms with Gasteiger partial charge in [0.05, 0.1) is 33.1 Å². The minimum absolute atomic E-state index is 0. The molecule has 9 heteroatoms. The van der Waals surface area contributed by atoms with Gasteiger partial charge in [0.15, 0.2) is 11.6 Å². The van der Waals surface area contributed by atoms with Gasteiger partial charge in [-0.1, -0.05) is 48.0 Å². The molecule has 0 saturated heterocycles. The Morgan fingerprint density at radius 2 is 1.14 bits per heavy atom. The monoisotopic (exact) mass is 520 g/mol. The quantitative estimate of drug-likeness (QED) is 0.270. The summed E-state index contributed by atoms with van der Waals surface area (Å²) in [6.45, 7) is 3.64. The molecule has 0 atom stereocenters. The van der Waals surface area contributed by atoms with Gasteiger partial charge in [-0.05, 0) is 55.8 Å². The first kappa shape index (κ1) is 26.8. The van der Waals surface area contributed by atoms with E-state index in [0.717, 1.165) is 11.3 Å². The van der Waals surface area contributed by atoms with Crippen LogP contribution in [0.1, 0.15) is 43.0 Å². The molecule has 1 aliphatic carbocycles. The van der Waals surface area contributed by atoms with Crippen LogP contribution in [0, 0.1) is 13.8 Å². The number of ketones is 2. The summed E-state index contributed by atoms with van der Waals surface area (Å²) in [6, 6.07) is 21.8. The third-order valence-electron chi connectivity index (χ3n) is 6.08. The van der Waals surface area contributed by atoms with Crippen LogP contribution in [0.15, 0.2) is 83.8 Å². The largest absolute Gasteiger partial charge is 1.00 e. The fourth-order valence-corrected chi connectivity index (χ4v) is 5.03. The molecule has 0 aliphatic heterocycles. The van der Waals surface area contributed by atoms with E-state index in [2.05, 4.69) is 10.6 Å². The van der Waals surface area contributed by atoms with Crippen molar-refractivity contribution in [2.45, 2.75) is 18.7 Å². The number of benzene rings is 4. The molecule has 4 aromatic rings.